The minimum atomic E-state index is -1.20. The van der Waals surface area contributed by atoms with Gasteiger partial charge in [0.2, 0.25) is 0 Å². The molecule has 10 heteroatoms. The van der Waals surface area contributed by atoms with E-state index in [0.717, 1.165) is 5.56 Å². The number of aliphatic hydroxyl groups is 3. The van der Waals surface area contributed by atoms with E-state index in [1.54, 1.807) is 12.5 Å². The second-order valence-electron chi connectivity index (χ2n) is 5.76. The lowest BCUT2D eigenvalue weighted by atomic mass is 10.1. The molecule has 2 unspecified atom stereocenters. The van der Waals surface area contributed by atoms with Crippen LogP contribution in [0.2, 0.25) is 0 Å². The van der Waals surface area contributed by atoms with Crippen LogP contribution in [-0.2, 0) is 11.3 Å². The molecule has 3 aromatic heterocycles. The molecule has 0 aromatic carbocycles. The first-order chi connectivity index (χ1) is 12.2. The summed E-state index contributed by atoms with van der Waals surface area (Å²) >= 11 is 0. The minimum absolute atomic E-state index is 0.395. The number of hydrogen-bond acceptors (Lipinski definition) is 9. The molecule has 3 aromatic rings. The van der Waals surface area contributed by atoms with Gasteiger partial charge in [-0.2, -0.15) is 0 Å². The van der Waals surface area contributed by atoms with Gasteiger partial charge in [0.15, 0.2) is 23.2 Å². The van der Waals surface area contributed by atoms with Crippen molar-refractivity contribution in [3.05, 3.63) is 36.8 Å². The van der Waals surface area contributed by atoms with Gasteiger partial charge in [-0.15, -0.1) is 0 Å². The zero-order chi connectivity index (χ0) is 17.4. The smallest absolute Gasteiger partial charge is 0.167 e. The summed E-state index contributed by atoms with van der Waals surface area (Å²) in [5.41, 5.74) is 1.90. The topological polar surface area (TPSA) is 139 Å². The van der Waals surface area contributed by atoms with Crippen molar-refractivity contribution in [2.24, 2.45) is 0 Å². The molecule has 0 amide bonds. The molecule has 1 fully saturated rings. The Hall–Kier alpha value is -2.53. The second-order valence-corrected chi connectivity index (χ2v) is 5.76. The lowest BCUT2D eigenvalue weighted by Gasteiger charge is -2.16. The molecule has 0 bridgehead atoms. The van der Waals surface area contributed by atoms with E-state index in [4.69, 9.17) is 9.15 Å². The molecule has 132 valence electrons. The first-order valence-corrected chi connectivity index (χ1v) is 7.74. The highest BCUT2D eigenvalue weighted by atomic mass is 16.6. The van der Waals surface area contributed by atoms with Crippen molar-refractivity contribution in [1.82, 2.24) is 19.5 Å². The molecular weight excluding hydrogens is 330 g/mol. The molecule has 0 aliphatic carbocycles. The van der Waals surface area contributed by atoms with Gasteiger partial charge >= 0.3 is 0 Å². The Morgan fingerprint density at radius 2 is 2.08 bits per heavy atom. The Morgan fingerprint density at radius 3 is 2.80 bits per heavy atom. The number of imidazole rings is 1. The summed E-state index contributed by atoms with van der Waals surface area (Å²) in [6.07, 6.45) is 1.90. The first kappa shape index (κ1) is 16.0. The zero-order valence-electron chi connectivity index (χ0n) is 13.1. The lowest BCUT2D eigenvalue weighted by molar-refractivity contribution is -0.0511. The number of nitrogens with zero attached hydrogens (tertiary/aromatic N) is 4. The molecular formula is C15H17N5O5. The van der Waals surface area contributed by atoms with Crippen molar-refractivity contribution in [3.63, 3.8) is 0 Å². The average molecular weight is 347 g/mol. The van der Waals surface area contributed by atoms with Gasteiger partial charge in [0, 0.05) is 12.1 Å². The molecule has 10 nitrogen and oxygen atoms in total. The number of anilines is 1. The first-order valence-electron chi connectivity index (χ1n) is 7.74. The highest BCUT2D eigenvalue weighted by molar-refractivity contribution is 5.82. The number of hydrogen-bond donors (Lipinski definition) is 4. The van der Waals surface area contributed by atoms with Crippen LogP contribution in [0.3, 0.4) is 0 Å². The average Bonchev–Trinajstić information content (AvgIpc) is 3.34. The molecule has 1 aliphatic heterocycles. The Kier molecular flexibility index (Phi) is 4.09. The van der Waals surface area contributed by atoms with E-state index in [1.165, 1.54) is 17.2 Å². The summed E-state index contributed by atoms with van der Waals surface area (Å²) in [5.74, 6) is 0.525. The van der Waals surface area contributed by atoms with Crippen LogP contribution in [0, 0.1) is 0 Å². The van der Waals surface area contributed by atoms with Crippen LogP contribution in [0.4, 0.5) is 5.82 Å². The molecule has 4 atom stereocenters. The van der Waals surface area contributed by atoms with Crippen molar-refractivity contribution in [2.75, 3.05) is 11.9 Å². The van der Waals surface area contributed by atoms with Gasteiger partial charge in [0.1, 0.15) is 24.6 Å². The number of rotatable bonds is 5. The van der Waals surface area contributed by atoms with Gasteiger partial charge in [-0.1, -0.05) is 0 Å². The maximum atomic E-state index is 10.2. The van der Waals surface area contributed by atoms with Crippen LogP contribution in [0.5, 0.6) is 0 Å². The van der Waals surface area contributed by atoms with Gasteiger partial charge in [0.25, 0.3) is 0 Å². The van der Waals surface area contributed by atoms with E-state index in [2.05, 4.69) is 20.3 Å². The number of ether oxygens (including phenoxy) is 1. The zero-order valence-corrected chi connectivity index (χ0v) is 13.1. The molecule has 25 heavy (non-hydrogen) atoms. The molecule has 0 saturated carbocycles. The SMILES string of the molecule is OC[C@H]1O[C@@H](n2cnc3c(NCc4ccoc4)ncnc32)C(O)C1O. The van der Waals surface area contributed by atoms with Crippen LogP contribution in [0.25, 0.3) is 11.2 Å². The number of fused-ring (bicyclic) bond motifs is 1. The molecule has 4 N–H and O–H groups in total. The fourth-order valence-corrected chi connectivity index (χ4v) is 2.86. The summed E-state index contributed by atoms with van der Waals surface area (Å²) in [6, 6.07) is 1.84. The number of aromatic nitrogens is 4. The van der Waals surface area contributed by atoms with Gasteiger partial charge < -0.3 is 29.8 Å². The van der Waals surface area contributed by atoms with Gasteiger partial charge in [0.05, 0.1) is 25.5 Å². The third-order valence-corrected chi connectivity index (χ3v) is 4.19. The van der Waals surface area contributed by atoms with Crippen LogP contribution < -0.4 is 5.32 Å². The number of aliphatic hydroxyl groups excluding tert-OH is 3. The largest absolute Gasteiger partial charge is 0.472 e. The number of furan rings is 1. The standard InChI is InChI=1S/C15H17N5O5/c21-4-9-11(22)12(23)15(25-9)20-7-19-10-13(17-6-18-14(10)20)16-3-8-1-2-24-5-8/h1-2,5-7,9,11-12,15,21-23H,3-4H2,(H,16,17,18)/t9-,11?,12?,15-/m1/s1. The molecule has 1 aliphatic rings. The predicted molar refractivity (Wildman–Crippen MR) is 84.4 cm³/mol. The molecule has 1 saturated heterocycles. The van der Waals surface area contributed by atoms with Crippen molar-refractivity contribution >= 4 is 17.0 Å². The highest BCUT2D eigenvalue weighted by Crippen LogP contribution is 2.32. The van der Waals surface area contributed by atoms with E-state index in [0.29, 0.717) is 23.5 Å². The number of nitrogens with one attached hydrogen (secondary N) is 1. The van der Waals surface area contributed by atoms with Crippen molar-refractivity contribution < 1.29 is 24.5 Å². The predicted octanol–water partition coefficient (Wildman–Crippen LogP) is -0.357. The van der Waals surface area contributed by atoms with E-state index < -0.39 is 31.1 Å². The van der Waals surface area contributed by atoms with E-state index in [-0.39, 0.29) is 0 Å². The molecule has 4 heterocycles. The maximum absolute atomic E-state index is 10.2. The summed E-state index contributed by atoms with van der Waals surface area (Å²) in [6.45, 7) is 0.108. The Morgan fingerprint density at radius 1 is 1.20 bits per heavy atom. The van der Waals surface area contributed by atoms with Crippen molar-refractivity contribution in [1.29, 1.82) is 0 Å². The summed E-state index contributed by atoms with van der Waals surface area (Å²) in [4.78, 5) is 12.7. The Labute approximate surface area is 141 Å². The molecule has 4 rings (SSSR count). The normalized spacial score (nSPS) is 26.4. The van der Waals surface area contributed by atoms with Crippen LogP contribution >= 0.6 is 0 Å². The van der Waals surface area contributed by atoms with Crippen LogP contribution in [0.15, 0.2) is 35.7 Å². The minimum Gasteiger partial charge on any atom is -0.472 e. The van der Waals surface area contributed by atoms with Crippen molar-refractivity contribution in [3.8, 4) is 0 Å². The van der Waals surface area contributed by atoms with Crippen molar-refractivity contribution in [2.45, 2.75) is 31.1 Å². The Balaban J connectivity index is 1.63. The van der Waals surface area contributed by atoms with Gasteiger partial charge in [-0.25, -0.2) is 15.0 Å². The van der Waals surface area contributed by atoms with E-state index >= 15 is 0 Å². The fourth-order valence-electron chi connectivity index (χ4n) is 2.86. The third-order valence-electron chi connectivity index (χ3n) is 4.19. The summed E-state index contributed by atoms with van der Waals surface area (Å²) in [5, 5.41) is 32.5. The summed E-state index contributed by atoms with van der Waals surface area (Å²) in [7, 11) is 0. The molecule has 0 spiro atoms. The Bertz CT molecular complexity index is 851. The quantitative estimate of drug-likeness (QED) is 0.487. The molecule has 0 radical (unpaired) electrons. The lowest BCUT2D eigenvalue weighted by Crippen LogP contribution is -2.33. The maximum Gasteiger partial charge on any atom is 0.167 e. The van der Waals surface area contributed by atoms with Gasteiger partial charge in [-0.05, 0) is 6.07 Å². The highest BCUT2D eigenvalue weighted by Gasteiger charge is 2.44. The van der Waals surface area contributed by atoms with E-state index in [9.17, 15) is 15.3 Å². The van der Waals surface area contributed by atoms with Crippen LogP contribution in [0.1, 0.15) is 11.8 Å². The van der Waals surface area contributed by atoms with Gasteiger partial charge in [-0.3, -0.25) is 4.57 Å². The fraction of sp³-hybridized carbons (Fsp3) is 0.400. The third kappa shape index (κ3) is 2.74. The monoisotopic (exact) mass is 347 g/mol. The second kappa shape index (κ2) is 6.41. The van der Waals surface area contributed by atoms with E-state index in [1.807, 2.05) is 6.07 Å². The van der Waals surface area contributed by atoms with Crippen LogP contribution in [-0.4, -0.2) is 59.8 Å². The summed E-state index contributed by atoms with van der Waals surface area (Å²) < 4.78 is 12.1.